The van der Waals surface area contributed by atoms with Gasteiger partial charge in [-0.25, -0.2) is 0 Å². The largest absolute Gasteiger partial charge is 0.756 e. The molecule has 0 heterocycles. The van der Waals surface area contributed by atoms with E-state index >= 15 is 0 Å². The van der Waals surface area contributed by atoms with E-state index in [0.29, 0.717) is 23.9 Å². The van der Waals surface area contributed by atoms with Crippen molar-refractivity contribution in [2.75, 3.05) is 40.9 Å². The fourth-order valence-electron chi connectivity index (χ4n) is 8.15. The summed E-state index contributed by atoms with van der Waals surface area (Å²) in [5, 5.41) is 3.01. The van der Waals surface area contributed by atoms with Gasteiger partial charge < -0.3 is 28.5 Å². The first-order chi connectivity index (χ1) is 35.9. The van der Waals surface area contributed by atoms with Crippen molar-refractivity contribution in [1.29, 1.82) is 0 Å². The van der Waals surface area contributed by atoms with E-state index in [-0.39, 0.29) is 24.9 Å². The highest BCUT2D eigenvalue weighted by atomic mass is 31.2. The van der Waals surface area contributed by atoms with E-state index in [0.717, 1.165) is 109 Å². The Bertz CT molecular complexity index is 1590. The van der Waals surface area contributed by atoms with Crippen LogP contribution in [-0.4, -0.2) is 69.4 Å². The number of hydrogen-bond acceptors (Lipinski definition) is 7. The Hall–Kier alpha value is -3.07. The number of carbonyl (C=O) groups is 2. The van der Waals surface area contributed by atoms with Gasteiger partial charge in [0.1, 0.15) is 19.3 Å². The van der Waals surface area contributed by atoms with Crippen LogP contribution in [0.3, 0.4) is 0 Å². The van der Waals surface area contributed by atoms with Crippen LogP contribution in [0.5, 0.6) is 0 Å². The maximum Gasteiger partial charge on any atom is 0.306 e. The van der Waals surface area contributed by atoms with Crippen molar-refractivity contribution >= 4 is 19.7 Å². The SMILES string of the molecule is CC/C=C/C=C/C=C/CCCCCCCCCC(=O)NC(COP(=O)([O-])OCC[N+](C)(C)C)C(/C=C\CCCCCCCCCCCC)OC(=O)CCCCCCC/C=C\C/C=C\C/C=C\C/C=C\CCCCC. The van der Waals surface area contributed by atoms with Gasteiger partial charge in [-0.1, -0.05) is 234 Å². The summed E-state index contributed by atoms with van der Waals surface area (Å²) in [6.45, 7) is 6.65. The molecule has 74 heavy (non-hydrogen) atoms. The van der Waals surface area contributed by atoms with Gasteiger partial charge >= 0.3 is 5.97 Å². The van der Waals surface area contributed by atoms with Crippen LogP contribution < -0.4 is 10.2 Å². The van der Waals surface area contributed by atoms with Crippen LogP contribution in [0.15, 0.2) is 97.2 Å². The highest BCUT2D eigenvalue weighted by molar-refractivity contribution is 7.45. The summed E-state index contributed by atoms with van der Waals surface area (Å²) in [7, 11) is 1.15. The van der Waals surface area contributed by atoms with Crippen molar-refractivity contribution in [3.05, 3.63) is 97.2 Å². The Balaban J connectivity index is 5.33. The second-order valence-electron chi connectivity index (χ2n) is 21.2. The smallest absolute Gasteiger partial charge is 0.306 e. The first-order valence-electron chi connectivity index (χ1n) is 30.1. The number of carbonyl (C=O) groups excluding carboxylic acids is 2. The minimum atomic E-state index is -4.71. The Morgan fingerprint density at radius 2 is 0.919 bits per heavy atom. The minimum absolute atomic E-state index is 0.0329. The number of ether oxygens (including phenoxy) is 1. The number of esters is 1. The first-order valence-corrected chi connectivity index (χ1v) is 31.5. The van der Waals surface area contributed by atoms with Crippen molar-refractivity contribution < 1.29 is 37.3 Å². The normalized spacial score (nSPS) is 14.4. The molecule has 0 aromatic carbocycles. The molecule has 0 spiro atoms. The zero-order valence-corrected chi connectivity index (χ0v) is 49.4. The molecular formula is C64H113N2O7P. The molecule has 0 rings (SSSR count). The molecule has 0 radical (unpaired) electrons. The van der Waals surface area contributed by atoms with Gasteiger partial charge in [0.2, 0.25) is 5.91 Å². The lowest BCUT2D eigenvalue weighted by molar-refractivity contribution is -0.870. The number of amides is 1. The van der Waals surface area contributed by atoms with E-state index in [9.17, 15) is 19.0 Å². The van der Waals surface area contributed by atoms with Gasteiger partial charge in [0.05, 0.1) is 33.8 Å². The van der Waals surface area contributed by atoms with Crippen LogP contribution in [0.4, 0.5) is 0 Å². The quantitative estimate of drug-likeness (QED) is 0.0161. The van der Waals surface area contributed by atoms with E-state index in [1.807, 2.05) is 33.3 Å². The molecule has 0 aliphatic heterocycles. The zero-order valence-electron chi connectivity index (χ0n) is 48.5. The average molecular weight is 1050 g/mol. The Morgan fingerprint density at radius 3 is 1.43 bits per heavy atom. The highest BCUT2D eigenvalue weighted by Gasteiger charge is 2.27. The molecular weight excluding hydrogens is 940 g/mol. The number of likely N-dealkylation sites (N-methyl/N-ethyl adjacent to an activating group) is 1. The molecule has 9 nitrogen and oxygen atoms in total. The lowest BCUT2D eigenvalue weighted by Gasteiger charge is -2.30. The van der Waals surface area contributed by atoms with Crippen molar-refractivity contribution in [2.24, 2.45) is 0 Å². The summed E-state index contributed by atoms with van der Waals surface area (Å²) in [6, 6.07) is -0.908. The van der Waals surface area contributed by atoms with E-state index in [4.69, 9.17) is 13.8 Å². The standard InChI is InChI=1S/C64H113N2O7P/c1-7-10-13-16-19-22-25-28-30-31-32-33-34-35-37-39-42-45-48-51-54-57-64(68)73-62(55-52-49-46-43-40-27-24-21-18-15-12-9-3)61(60-72-74(69,70)71-59-58-66(4,5)6)65-63(67)56-53-50-47-44-41-38-36-29-26-23-20-17-14-11-8-2/h11,14,17,19-20,22-23,26,28,30,32-33,35,37,52,55,61-62H,7-10,12-13,15-16,18,21,24-25,27,29,31,34,36,38-51,53-54,56-60H2,1-6H3,(H-,65,67,69,70)/b14-11+,20-17+,22-19-,26-23+,30-28-,33-32-,37-35-,55-52-. The number of hydrogen-bond donors (Lipinski definition) is 1. The number of nitrogens with one attached hydrogen (secondary N) is 1. The third-order valence-corrected chi connectivity index (χ3v) is 13.8. The van der Waals surface area contributed by atoms with Crippen molar-refractivity contribution in [3.63, 3.8) is 0 Å². The summed E-state index contributed by atoms with van der Waals surface area (Å²) < 4.78 is 30.3. The van der Waals surface area contributed by atoms with Crippen molar-refractivity contribution in [2.45, 2.75) is 258 Å². The molecule has 1 amide bonds. The van der Waals surface area contributed by atoms with E-state index in [2.05, 4.69) is 111 Å². The topological polar surface area (TPSA) is 114 Å². The van der Waals surface area contributed by atoms with Crippen LogP contribution in [-0.2, 0) is 27.9 Å². The molecule has 0 aromatic rings. The highest BCUT2D eigenvalue weighted by Crippen LogP contribution is 2.38. The monoisotopic (exact) mass is 1050 g/mol. The van der Waals surface area contributed by atoms with Crippen LogP contribution in [0.2, 0.25) is 0 Å². The lowest BCUT2D eigenvalue weighted by Crippen LogP contribution is -2.47. The van der Waals surface area contributed by atoms with Gasteiger partial charge in [-0.15, -0.1) is 0 Å². The molecule has 1 N–H and O–H groups in total. The predicted octanol–water partition coefficient (Wildman–Crippen LogP) is 17.8. The predicted molar refractivity (Wildman–Crippen MR) is 316 cm³/mol. The summed E-state index contributed by atoms with van der Waals surface area (Å²) in [5.41, 5.74) is 0. The van der Waals surface area contributed by atoms with E-state index < -0.39 is 26.6 Å². The van der Waals surface area contributed by atoms with Crippen LogP contribution >= 0.6 is 7.82 Å². The van der Waals surface area contributed by atoms with Crippen LogP contribution in [0.25, 0.3) is 0 Å². The second kappa shape index (κ2) is 53.3. The van der Waals surface area contributed by atoms with Gasteiger partial charge in [-0.05, 0) is 96.0 Å². The lowest BCUT2D eigenvalue weighted by atomic mass is 10.0. The number of phosphoric ester groups is 1. The molecule has 0 aliphatic carbocycles. The summed E-state index contributed by atoms with van der Waals surface area (Å²) >= 11 is 0. The fourth-order valence-corrected chi connectivity index (χ4v) is 8.87. The molecule has 0 saturated heterocycles. The van der Waals surface area contributed by atoms with Gasteiger partial charge in [0.15, 0.2) is 0 Å². The molecule has 10 heteroatoms. The number of phosphoric acid groups is 1. The first kappa shape index (κ1) is 70.9. The number of allylic oxidation sites excluding steroid dienone is 15. The number of nitrogens with zero attached hydrogens (tertiary/aromatic N) is 1. The minimum Gasteiger partial charge on any atom is -0.756 e. The molecule has 0 fully saturated rings. The van der Waals surface area contributed by atoms with Gasteiger partial charge in [-0.3, -0.25) is 14.2 Å². The third-order valence-electron chi connectivity index (χ3n) is 12.8. The Morgan fingerprint density at radius 1 is 0.500 bits per heavy atom. The average Bonchev–Trinajstić information content (AvgIpc) is 3.36. The van der Waals surface area contributed by atoms with Crippen molar-refractivity contribution in [1.82, 2.24) is 5.32 Å². The molecule has 3 unspecified atom stereocenters. The molecule has 426 valence electrons. The summed E-state index contributed by atoms with van der Waals surface area (Å²) in [4.78, 5) is 39.9. The van der Waals surface area contributed by atoms with Crippen LogP contribution in [0, 0.1) is 0 Å². The maximum absolute atomic E-state index is 13.5. The number of rotatable bonds is 53. The third kappa shape index (κ3) is 53.7. The van der Waals surface area contributed by atoms with Crippen molar-refractivity contribution in [3.8, 4) is 0 Å². The summed E-state index contributed by atoms with van der Waals surface area (Å²) in [6.07, 6.45) is 70.8. The fraction of sp³-hybridized carbons (Fsp3) is 0.719. The van der Waals surface area contributed by atoms with E-state index in [1.54, 1.807) is 0 Å². The number of quaternary nitrogens is 1. The van der Waals surface area contributed by atoms with Gasteiger partial charge in [0, 0.05) is 12.8 Å². The zero-order chi connectivity index (χ0) is 54.3. The molecule has 0 aromatic heterocycles. The molecule has 3 atom stereocenters. The van der Waals surface area contributed by atoms with Crippen LogP contribution in [0.1, 0.15) is 245 Å². The number of unbranched alkanes of at least 4 members (excludes halogenated alkanes) is 25. The molecule has 0 bridgehead atoms. The van der Waals surface area contributed by atoms with Gasteiger partial charge in [0.25, 0.3) is 7.82 Å². The summed E-state index contributed by atoms with van der Waals surface area (Å²) in [5.74, 6) is -0.581. The van der Waals surface area contributed by atoms with E-state index in [1.165, 1.54) is 96.3 Å². The second-order valence-corrected chi connectivity index (χ2v) is 22.6. The van der Waals surface area contributed by atoms with Gasteiger partial charge in [-0.2, -0.15) is 0 Å². The Labute approximate surface area is 456 Å². The maximum atomic E-state index is 13.5. The molecule has 0 saturated carbocycles. The Kier molecular flexibility index (Phi) is 51.1. The molecule has 0 aliphatic rings.